The van der Waals surface area contributed by atoms with Gasteiger partial charge in [-0.2, -0.15) is 5.10 Å². The van der Waals surface area contributed by atoms with Crippen molar-refractivity contribution in [1.29, 1.82) is 0 Å². The standard InChI is InChI=1S/C23H21BrN2P/c1-26-19(17-23(24)25-26)18-27(20-11-5-2-6-12-20,21-13-7-3-8-14-21)22-15-9-4-10-16-22/h2-17H,18H2,1H3/q+1. The molecular weight excluding hydrogens is 415 g/mol. The minimum atomic E-state index is -1.87. The highest BCUT2D eigenvalue weighted by Crippen LogP contribution is 2.58. The van der Waals surface area contributed by atoms with Gasteiger partial charge in [-0.1, -0.05) is 54.6 Å². The molecule has 0 unspecified atom stereocenters. The summed E-state index contributed by atoms with van der Waals surface area (Å²) in [5.74, 6) is 0. The van der Waals surface area contributed by atoms with E-state index in [1.807, 2.05) is 11.7 Å². The van der Waals surface area contributed by atoms with Crippen LogP contribution in [-0.2, 0) is 13.2 Å². The van der Waals surface area contributed by atoms with Crippen molar-refractivity contribution in [1.82, 2.24) is 9.78 Å². The summed E-state index contributed by atoms with van der Waals surface area (Å²) in [5, 5.41) is 8.69. The summed E-state index contributed by atoms with van der Waals surface area (Å²) in [5.41, 5.74) is 1.23. The molecule has 3 aromatic carbocycles. The van der Waals surface area contributed by atoms with Gasteiger partial charge in [-0.3, -0.25) is 4.68 Å². The molecule has 4 heteroatoms. The molecule has 1 heterocycles. The van der Waals surface area contributed by atoms with Gasteiger partial charge in [-0.05, 0) is 58.4 Å². The SMILES string of the molecule is Cn1nc(Br)cc1C[P+](c1ccccc1)(c1ccccc1)c1ccccc1. The minimum Gasteiger partial charge on any atom is -0.268 e. The molecule has 0 saturated heterocycles. The highest BCUT2D eigenvalue weighted by molar-refractivity contribution is 9.10. The van der Waals surface area contributed by atoms with E-state index in [2.05, 4.69) is 118 Å². The van der Waals surface area contributed by atoms with Crippen LogP contribution in [0.1, 0.15) is 5.69 Å². The van der Waals surface area contributed by atoms with Crippen molar-refractivity contribution >= 4 is 39.1 Å². The van der Waals surface area contributed by atoms with E-state index in [1.165, 1.54) is 21.6 Å². The van der Waals surface area contributed by atoms with E-state index in [9.17, 15) is 0 Å². The lowest BCUT2D eigenvalue weighted by atomic mass is 10.3. The highest BCUT2D eigenvalue weighted by Gasteiger charge is 2.46. The molecule has 0 aliphatic rings. The number of hydrogen-bond donors (Lipinski definition) is 0. The van der Waals surface area contributed by atoms with Crippen LogP contribution >= 0.6 is 23.2 Å². The maximum Gasteiger partial charge on any atom is 0.128 e. The van der Waals surface area contributed by atoms with Crippen LogP contribution in [0.25, 0.3) is 0 Å². The fraction of sp³-hybridized carbons (Fsp3) is 0.0870. The van der Waals surface area contributed by atoms with Crippen molar-refractivity contribution in [2.75, 3.05) is 0 Å². The summed E-state index contributed by atoms with van der Waals surface area (Å²) < 4.78 is 2.88. The van der Waals surface area contributed by atoms with Gasteiger partial charge in [0.1, 0.15) is 33.9 Å². The molecule has 0 spiro atoms. The van der Waals surface area contributed by atoms with Crippen molar-refractivity contribution in [2.45, 2.75) is 6.16 Å². The molecule has 0 fully saturated rings. The number of aryl methyl sites for hydroxylation is 1. The third-order valence-corrected chi connectivity index (χ3v) is 9.66. The Balaban J connectivity index is 2.01. The molecule has 0 radical (unpaired) electrons. The predicted molar refractivity (Wildman–Crippen MR) is 120 cm³/mol. The van der Waals surface area contributed by atoms with Crippen LogP contribution < -0.4 is 15.9 Å². The number of benzene rings is 3. The Morgan fingerprint density at radius 2 is 1.15 bits per heavy atom. The van der Waals surface area contributed by atoms with E-state index >= 15 is 0 Å². The van der Waals surface area contributed by atoms with Crippen LogP contribution in [0.2, 0.25) is 0 Å². The van der Waals surface area contributed by atoms with Gasteiger partial charge in [-0.25, -0.2) is 0 Å². The lowest BCUT2D eigenvalue weighted by Gasteiger charge is -2.27. The van der Waals surface area contributed by atoms with Crippen molar-refractivity contribution in [3.8, 4) is 0 Å². The van der Waals surface area contributed by atoms with E-state index in [4.69, 9.17) is 0 Å². The van der Waals surface area contributed by atoms with Gasteiger partial charge in [0, 0.05) is 7.05 Å². The Bertz CT molecular complexity index is 918. The summed E-state index contributed by atoms with van der Waals surface area (Å²) >= 11 is 3.54. The average molecular weight is 436 g/mol. The van der Waals surface area contributed by atoms with Gasteiger partial charge in [0.2, 0.25) is 0 Å². The molecule has 0 aliphatic heterocycles. The monoisotopic (exact) mass is 435 g/mol. The Kier molecular flexibility index (Phi) is 5.24. The normalized spacial score (nSPS) is 11.5. The molecule has 134 valence electrons. The van der Waals surface area contributed by atoms with E-state index < -0.39 is 7.26 Å². The zero-order chi connectivity index (χ0) is 18.7. The van der Waals surface area contributed by atoms with Crippen molar-refractivity contribution < 1.29 is 0 Å². The first-order valence-electron chi connectivity index (χ1n) is 8.93. The first-order valence-corrected chi connectivity index (χ1v) is 11.7. The van der Waals surface area contributed by atoms with Gasteiger partial charge < -0.3 is 0 Å². The van der Waals surface area contributed by atoms with Crippen LogP contribution in [0.3, 0.4) is 0 Å². The smallest absolute Gasteiger partial charge is 0.128 e. The molecular formula is C23H21BrN2P+. The lowest BCUT2D eigenvalue weighted by Crippen LogP contribution is -2.32. The third kappa shape index (κ3) is 3.50. The van der Waals surface area contributed by atoms with Crippen molar-refractivity contribution in [2.24, 2.45) is 7.05 Å². The van der Waals surface area contributed by atoms with E-state index in [-0.39, 0.29) is 0 Å². The van der Waals surface area contributed by atoms with E-state index in [1.54, 1.807) is 0 Å². The summed E-state index contributed by atoms with van der Waals surface area (Å²) in [6, 6.07) is 35.0. The molecule has 4 rings (SSSR count). The maximum absolute atomic E-state index is 4.53. The Labute approximate surface area is 169 Å². The van der Waals surface area contributed by atoms with Crippen LogP contribution in [0.5, 0.6) is 0 Å². The number of rotatable bonds is 5. The molecule has 0 N–H and O–H groups in total. The Hall–Kier alpha value is -2.22. The Morgan fingerprint density at radius 1 is 0.741 bits per heavy atom. The van der Waals surface area contributed by atoms with Crippen LogP contribution in [0.15, 0.2) is 102 Å². The second-order valence-corrected chi connectivity index (χ2v) is 10.9. The highest BCUT2D eigenvalue weighted by atomic mass is 79.9. The zero-order valence-corrected chi connectivity index (χ0v) is 17.6. The summed E-state index contributed by atoms with van der Waals surface area (Å²) in [7, 11) is 0.153. The van der Waals surface area contributed by atoms with Gasteiger partial charge in [-0.15, -0.1) is 0 Å². The molecule has 0 saturated carbocycles. The second kappa shape index (κ2) is 7.80. The number of halogens is 1. The van der Waals surface area contributed by atoms with Gasteiger partial charge in [0.15, 0.2) is 0 Å². The topological polar surface area (TPSA) is 17.8 Å². The molecule has 4 aromatic rings. The van der Waals surface area contributed by atoms with E-state index in [0.29, 0.717) is 0 Å². The van der Waals surface area contributed by atoms with E-state index in [0.717, 1.165) is 10.8 Å². The number of aromatic nitrogens is 2. The fourth-order valence-electron chi connectivity index (χ4n) is 3.63. The summed E-state index contributed by atoms with van der Waals surface area (Å²) in [6.45, 7) is 0. The molecule has 0 bridgehead atoms. The predicted octanol–water partition coefficient (Wildman–Crippen LogP) is 4.68. The van der Waals surface area contributed by atoms with Crippen LogP contribution in [0.4, 0.5) is 0 Å². The van der Waals surface area contributed by atoms with Gasteiger partial charge in [0.05, 0.1) is 5.69 Å². The van der Waals surface area contributed by atoms with Gasteiger partial charge in [0.25, 0.3) is 0 Å². The van der Waals surface area contributed by atoms with Crippen LogP contribution in [-0.4, -0.2) is 9.78 Å². The van der Waals surface area contributed by atoms with Crippen LogP contribution in [0, 0.1) is 0 Å². The fourth-order valence-corrected chi connectivity index (χ4v) is 8.40. The second-order valence-electron chi connectivity index (χ2n) is 6.56. The number of nitrogens with zero attached hydrogens (tertiary/aromatic N) is 2. The minimum absolute atomic E-state index is 0.882. The molecule has 0 amide bonds. The lowest BCUT2D eigenvalue weighted by molar-refractivity contribution is 0.729. The quantitative estimate of drug-likeness (QED) is 0.416. The summed E-state index contributed by atoms with van der Waals surface area (Å²) in [4.78, 5) is 0. The van der Waals surface area contributed by atoms with Crippen molar-refractivity contribution in [3.05, 3.63) is 107 Å². The Morgan fingerprint density at radius 3 is 1.48 bits per heavy atom. The molecule has 2 nitrogen and oxygen atoms in total. The first-order chi connectivity index (χ1) is 13.2. The first kappa shape index (κ1) is 18.2. The molecule has 27 heavy (non-hydrogen) atoms. The molecule has 0 atom stereocenters. The third-order valence-electron chi connectivity index (χ3n) is 4.94. The maximum atomic E-state index is 4.53. The largest absolute Gasteiger partial charge is 0.268 e. The molecule has 1 aromatic heterocycles. The average Bonchev–Trinajstić information content (AvgIpc) is 3.04. The molecule has 0 aliphatic carbocycles. The number of hydrogen-bond acceptors (Lipinski definition) is 1. The van der Waals surface area contributed by atoms with Gasteiger partial charge >= 0.3 is 0 Å². The van der Waals surface area contributed by atoms with Crippen molar-refractivity contribution in [3.63, 3.8) is 0 Å². The zero-order valence-electron chi connectivity index (χ0n) is 15.2. The summed E-state index contributed by atoms with van der Waals surface area (Å²) in [6.07, 6.45) is 0.931.